The van der Waals surface area contributed by atoms with E-state index in [1.807, 2.05) is 0 Å². The molecule has 0 bridgehead atoms. The Kier molecular flexibility index (Phi) is 8.47. The van der Waals surface area contributed by atoms with Crippen LogP contribution in [-0.2, 0) is 5.41 Å². The highest BCUT2D eigenvalue weighted by molar-refractivity contribution is 6.16. The molecule has 0 saturated carbocycles. The Hall–Kier alpha value is -7.68. The number of benzene rings is 9. The number of hydrogen-bond acceptors (Lipinski definition) is 1. The molecule has 2 heteroatoms. The van der Waals surface area contributed by atoms with Gasteiger partial charge in [0.15, 0.2) is 0 Å². The van der Waals surface area contributed by atoms with E-state index in [1.54, 1.807) is 0 Å². The van der Waals surface area contributed by atoms with E-state index in [0.717, 1.165) is 23.4 Å². The van der Waals surface area contributed by atoms with Gasteiger partial charge in [0, 0.05) is 27.7 Å². The number of nitrogens with zero attached hydrogens (tertiary/aromatic N) is 1. The van der Waals surface area contributed by atoms with Crippen molar-refractivity contribution < 1.29 is 0 Å². The highest BCUT2D eigenvalue weighted by Gasteiger charge is 2.47. The number of fused-ring (bicyclic) bond motifs is 8. The topological polar surface area (TPSA) is 17.0 Å². The number of hydrogen-bond donors (Lipinski definition) is 1. The van der Waals surface area contributed by atoms with Crippen LogP contribution in [0.4, 0.5) is 11.4 Å². The first-order chi connectivity index (χ1) is 30.7. The second-order valence-electron chi connectivity index (χ2n) is 16.9. The van der Waals surface area contributed by atoms with Crippen LogP contribution in [0.1, 0.15) is 52.6 Å². The lowest BCUT2D eigenvalue weighted by atomic mass is 9.67. The molecular formula is C60H44N2. The van der Waals surface area contributed by atoms with E-state index in [4.69, 9.17) is 0 Å². The lowest BCUT2D eigenvalue weighted by Gasteiger charge is -2.34. The molecule has 0 saturated heterocycles. The molecular weight excluding hydrogens is 749 g/mol. The van der Waals surface area contributed by atoms with Crippen LogP contribution in [-0.4, -0.2) is 4.57 Å². The largest absolute Gasteiger partial charge is 0.355 e. The van der Waals surface area contributed by atoms with Gasteiger partial charge in [-0.1, -0.05) is 183 Å². The molecule has 1 N–H and O–H groups in total. The molecule has 1 heterocycles. The van der Waals surface area contributed by atoms with Crippen LogP contribution in [0, 0.1) is 0 Å². The predicted molar refractivity (Wildman–Crippen MR) is 261 cm³/mol. The van der Waals surface area contributed by atoms with Crippen molar-refractivity contribution in [2.24, 2.45) is 0 Å². The molecule has 2 aliphatic rings. The van der Waals surface area contributed by atoms with Crippen molar-refractivity contribution in [1.82, 2.24) is 4.57 Å². The summed E-state index contributed by atoms with van der Waals surface area (Å²) < 4.78 is 2.58. The van der Waals surface area contributed by atoms with Gasteiger partial charge in [-0.05, 0) is 122 Å². The maximum absolute atomic E-state index is 3.72. The number of allylic oxidation sites excluding steroid dienone is 1. The molecule has 12 rings (SSSR count). The van der Waals surface area contributed by atoms with Gasteiger partial charge in [-0.2, -0.15) is 0 Å². The Labute approximate surface area is 363 Å². The van der Waals surface area contributed by atoms with Gasteiger partial charge in [-0.3, -0.25) is 0 Å². The average molecular weight is 793 g/mol. The van der Waals surface area contributed by atoms with Gasteiger partial charge in [-0.25, -0.2) is 0 Å². The van der Waals surface area contributed by atoms with Gasteiger partial charge >= 0.3 is 0 Å². The summed E-state index contributed by atoms with van der Waals surface area (Å²) in [6.45, 7) is 2.38. The Morgan fingerprint density at radius 2 is 1.16 bits per heavy atom. The maximum atomic E-state index is 3.72. The van der Waals surface area contributed by atoms with Gasteiger partial charge in [0.25, 0.3) is 0 Å². The van der Waals surface area contributed by atoms with Gasteiger partial charge in [0.2, 0.25) is 0 Å². The second kappa shape index (κ2) is 14.5. The second-order valence-corrected chi connectivity index (χ2v) is 16.9. The van der Waals surface area contributed by atoms with E-state index in [0.29, 0.717) is 5.92 Å². The molecule has 0 radical (unpaired) electrons. The summed E-state index contributed by atoms with van der Waals surface area (Å²) in [5.74, 6) is 0.392. The minimum atomic E-state index is -0.555. The summed E-state index contributed by atoms with van der Waals surface area (Å²) >= 11 is 0. The number of rotatable bonds is 7. The Morgan fingerprint density at radius 3 is 1.92 bits per heavy atom. The van der Waals surface area contributed by atoms with E-state index >= 15 is 0 Å². The highest BCUT2D eigenvalue weighted by Crippen LogP contribution is 2.59. The zero-order valence-electron chi connectivity index (χ0n) is 34.6. The first-order valence-corrected chi connectivity index (χ1v) is 21.8. The molecule has 1 unspecified atom stereocenters. The molecule has 1 aromatic heterocycles. The summed E-state index contributed by atoms with van der Waals surface area (Å²) in [5.41, 5.74) is 20.5. The molecule has 2 nitrogen and oxygen atoms in total. The van der Waals surface area contributed by atoms with Crippen molar-refractivity contribution in [3.63, 3.8) is 0 Å². The lowest BCUT2D eigenvalue weighted by Crippen LogP contribution is -2.28. The Bertz CT molecular complexity index is 3300. The maximum Gasteiger partial charge on any atom is 0.0720 e. The fraction of sp³-hybridized carbons (Fsp3) is 0.0667. The number of nitrogens with one attached hydrogen (secondary N) is 1. The third-order valence-electron chi connectivity index (χ3n) is 13.5. The van der Waals surface area contributed by atoms with Crippen LogP contribution < -0.4 is 5.32 Å². The van der Waals surface area contributed by atoms with E-state index in [-0.39, 0.29) is 0 Å². The summed E-state index contributed by atoms with van der Waals surface area (Å²) in [5, 5.41) is 6.27. The van der Waals surface area contributed by atoms with Crippen LogP contribution in [0.2, 0.25) is 0 Å². The SMILES string of the molecule is CC1CC=Cc2cccc(-n3c4ccc(-c5ccc(Nc6ccccc6)c(-c6ccccc6)c5)cc4c4c5c(ccc43)-c3ccccc3C5(c3ccccc3)c3ccccc3)c21. The molecule has 9 aromatic carbocycles. The number of para-hydroxylation sites is 1. The molecule has 10 aromatic rings. The van der Waals surface area contributed by atoms with Crippen LogP contribution in [0.5, 0.6) is 0 Å². The zero-order valence-corrected chi connectivity index (χ0v) is 34.6. The molecule has 0 spiro atoms. The van der Waals surface area contributed by atoms with E-state index in [9.17, 15) is 0 Å². The van der Waals surface area contributed by atoms with Crippen molar-refractivity contribution in [2.75, 3.05) is 5.32 Å². The van der Waals surface area contributed by atoms with Crippen molar-refractivity contribution >= 4 is 39.3 Å². The van der Waals surface area contributed by atoms with Crippen molar-refractivity contribution in [3.05, 3.63) is 252 Å². The number of anilines is 2. The third kappa shape index (κ3) is 5.50. The molecule has 2 aliphatic carbocycles. The first kappa shape index (κ1) is 36.2. The standard InChI is InChI=1S/C60H44N2/c1-40-18-16-21-42-22-17-31-55(57(40)42)62-54-36-33-44(43-32-35-53(61-47-27-12-5-13-28-47)50(38-43)41-19-6-2-7-20-41)39-51(54)58-56(62)37-34-49-48-29-14-15-30-52(48)60(59(49)58,45-23-8-3-9-24-45)46-25-10-4-11-26-46/h2-17,19-40,61H,18H2,1H3. The summed E-state index contributed by atoms with van der Waals surface area (Å²) in [6.07, 6.45) is 5.67. The van der Waals surface area contributed by atoms with Crippen LogP contribution in [0.3, 0.4) is 0 Å². The monoisotopic (exact) mass is 792 g/mol. The molecule has 1 atom stereocenters. The lowest BCUT2D eigenvalue weighted by molar-refractivity contribution is 0.764. The minimum Gasteiger partial charge on any atom is -0.355 e. The quantitative estimate of drug-likeness (QED) is 0.170. The van der Waals surface area contributed by atoms with Crippen LogP contribution in [0.15, 0.2) is 218 Å². The molecule has 0 fully saturated rings. The fourth-order valence-corrected chi connectivity index (χ4v) is 10.8. The number of aromatic nitrogens is 1. The van der Waals surface area contributed by atoms with Crippen LogP contribution in [0.25, 0.3) is 66.9 Å². The molecule has 62 heavy (non-hydrogen) atoms. The average Bonchev–Trinajstić information content (AvgIpc) is 3.83. The Balaban J connectivity index is 1.19. The molecule has 0 aliphatic heterocycles. The van der Waals surface area contributed by atoms with Crippen molar-refractivity contribution in [3.8, 4) is 39.1 Å². The van der Waals surface area contributed by atoms with E-state index in [2.05, 4.69) is 241 Å². The van der Waals surface area contributed by atoms with Crippen molar-refractivity contribution in [2.45, 2.75) is 24.7 Å². The predicted octanol–water partition coefficient (Wildman–Crippen LogP) is 15.7. The highest BCUT2D eigenvalue weighted by atomic mass is 15.0. The molecule has 294 valence electrons. The summed E-state index contributed by atoms with van der Waals surface area (Å²) in [4.78, 5) is 0. The first-order valence-electron chi connectivity index (χ1n) is 21.8. The van der Waals surface area contributed by atoms with E-state index < -0.39 is 5.41 Å². The van der Waals surface area contributed by atoms with Gasteiger partial charge in [0.05, 0.1) is 22.1 Å². The molecule has 0 amide bonds. The van der Waals surface area contributed by atoms with Gasteiger partial charge in [0.1, 0.15) is 0 Å². The zero-order chi connectivity index (χ0) is 41.2. The van der Waals surface area contributed by atoms with Crippen molar-refractivity contribution in [1.29, 1.82) is 0 Å². The minimum absolute atomic E-state index is 0.392. The summed E-state index contributed by atoms with van der Waals surface area (Å²) in [7, 11) is 0. The van der Waals surface area contributed by atoms with E-state index in [1.165, 1.54) is 88.7 Å². The summed E-state index contributed by atoms with van der Waals surface area (Å²) in [6, 6.07) is 78.5. The normalized spacial score (nSPS) is 14.7. The third-order valence-corrected chi connectivity index (χ3v) is 13.5. The fourth-order valence-electron chi connectivity index (χ4n) is 10.8. The van der Waals surface area contributed by atoms with Gasteiger partial charge in [-0.15, -0.1) is 0 Å². The smallest absolute Gasteiger partial charge is 0.0720 e. The van der Waals surface area contributed by atoms with Crippen LogP contribution >= 0.6 is 0 Å². The Morgan fingerprint density at radius 1 is 0.516 bits per heavy atom. The van der Waals surface area contributed by atoms with Gasteiger partial charge < -0.3 is 9.88 Å².